The lowest BCUT2D eigenvalue weighted by Gasteiger charge is -2.20. The minimum atomic E-state index is 0.499. The van der Waals surface area contributed by atoms with E-state index in [0.29, 0.717) is 11.3 Å². The van der Waals surface area contributed by atoms with Crippen LogP contribution in [-0.4, -0.2) is 9.13 Å². The monoisotopic (exact) mass is 534 g/mol. The van der Waals surface area contributed by atoms with E-state index in [1.165, 1.54) is 0 Å². The van der Waals surface area contributed by atoms with Crippen LogP contribution in [0.15, 0.2) is 133 Å². The average Bonchev–Trinajstić information content (AvgIpc) is 3.57. The Bertz CT molecular complexity index is 2160. The molecule has 2 aromatic heterocycles. The first-order valence-corrected chi connectivity index (χ1v) is 13.8. The van der Waals surface area contributed by atoms with Crippen molar-refractivity contribution >= 4 is 49.3 Å². The Hall–Kier alpha value is -6.10. The van der Waals surface area contributed by atoms with Gasteiger partial charge in [-0.05, 0) is 42.5 Å². The second-order valence-electron chi connectivity index (χ2n) is 10.3. The van der Waals surface area contributed by atoms with Crippen LogP contribution >= 0.6 is 0 Å². The Kier molecular flexibility index (Phi) is 5.22. The first-order chi connectivity index (χ1) is 20.8. The van der Waals surface area contributed by atoms with E-state index in [1.807, 2.05) is 48.5 Å². The molecule has 0 aliphatic rings. The Morgan fingerprint density at radius 1 is 0.476 bits per heavy atom. The predicted molar refractivity (Wildman–Crippen MR) is 172 cm³/mol. The molecular weight excluding hydrogens is 512 g/mol. The molecule has 2 heterocycles. The average molecular weight is 535 g/mol. The molecule has 6 aromatic carbocycles. The van der Waals surface area contributed by atoms with Crippen LogP contribution in [0.25, 0.3) is 71.0 Å². The van der Waals surface area contributed by atoms with Gasteiger partial charge in [-0.1, -0.05) is 91.0 Å². The third-order valence-corrected chi connectivity index (χ3v) is 8.20. The Balaban J connectivity index is 1.56. The van der Waals surface area contributed by atoms with Crippen LogP contribution in [0, 0.1) is 17.9 Å². The molecule has 0 bridgehead atoms. The molecule has 0 atom stereocenters. The number of hydrogen-bond acceptors (Lipinski definition) is 1. The van der Waals surface area contributed by atoms with Crippen molar-refractivity contribution in [3.05, 3.63) is 150 Å². The van der Waals surface area contributed by atoms with Crippen LogP contribution in [0.2, 0.25) is 0 Å². The van der Waals surface area contributed by atoms with Gasteiger partial charge in [0, 0.05) is 38.4 Å². The lowest BCUT2D eigenvalue weighted by atomic mass is 9.94. The molecule has 0 radical (unpaired) electrons. The lowest BCUT2D eigenvalue weighted by Crippen LogP contribution is -2.03. The van der Waals surface area contributed by atoms with E-state index in [1.54, 1.807) is 0 Å². The number of nitrogens with zero attached hydrogens (tertiary/aromatic N) is 4. The molecule has 0 aliphatic carbocycles. The highest BCUT2D eigenvalue weighted by Gasteiger charge is 2.24. The summed E-state index contributed by atoms with van der Waals surface area (Å²) in [5, 5.41) is 15.1. The van der Waals surface area contributed by atoms with Gasteiger partial charge in [-0.2, -0.15) is 5.26 Å². The SMILES string of the molecule is [C-]#[N+]c1cccc(-n2c3ccccc3c3ccccc32)c1-c1c(C#N)cccc1-n1c2ccccc2c2ccccc21. The summed E-state index contributed by atoms with van der Waals surface area (Å²) >= 11 is 0. The Labute approximate surface area is 242 Å². The van der Waals surface area contributed by atoms with E-state index in [4.69, 9.17) is 6.57 Å². The fourth-order valence-electron chi connectivity index (χ4n) is 6.51. The molecule has 0 amide bonds. The Morgan fingerprint density at radius 2 is 0.881 bits per heavy atom. The first-order valence-electron chi connectivity index (χ1n) is 13.8. The quantitative estimate of drug-likeness (QED) is 0.208. The molecule has 42 heavy (non-hydrogen) atoms. The molecule has 4 nitrogen and oxygen atoms in total. The van der Waals surface area contributed by atoms with Crippen molar-refractivity contribution in [2.24, 2.45) is 0 Å². The number of nitriles is 1. The van der Waals surface area contributed by atoms with Crippen LogP contribution in [0.1, 0.15) is 5.56 Å². The molecule has 0 N–H and O–H groups in total. The van der Waals surface area contributed by atoms with Crippen LogP contribution < -0.4 is 0 Å². The van der Waals surface area contributed by atoms with Crippen molar-refractivity contribution in [3.63, 3.8) is 0 Å². The normalized spacial score (nSPS) is 11.3. The summed E-state index contributed by atoms with van der Waals surface area (Å²) in [6, 6.07) is 47.6. The number of aromatic nitrogens is 2. The van der Waals surface area contributed by atoms with E-state index >= 15 is 0 Å². The van der Waals surface area contributed by atoms with Crippen LogP contribution in [-0.2, 0) is 0 Å². The highest BCUT2D eigenvalue weighted by Crippen LogP contribution is 2.45. The molecule has 0 fully saturated rings. The predicted octanol–water partition coefficient (Wildman–Crippen LogP) is 9.97. The van der Waals surface area contributed by atoms with Crippen LogP contribution in [0.3, 0.4) is 0 Å². The zero-order valence-corrected chi connectivity index (χ0v) is 22.5. The van der Waals surface area contributed by atoms with Gasteiger partial charge in [-0.3, -0.25) is 0 Å². The second kappa shape index (κ2) is 9.24. The van der Waals surface area contributed by atoms with Gasteiger partial charge in [0.2, 0.25) is 0 Å². The van der Waals surface area contributed by atoms with E-state index < -0.39 is 0 Å². The molecule has 0 aliphatic heterocycles. The molecule has 4 heteroatoms. The summed E-state index contributed by atoms with van der Waals surface area (Å²) in [5.41, 5.74) is 8.44. The molecule has 0 saturated heterocycles. The molecule has 0 saturated carbocycles. The molecule has 194 valence electrons. The van der Waals surface area contributed by atoms with Crippen molar-refractivity contribution in [1.82, 2.24) is 9.13 Å². The maximum Gasteiger partial charge on any atom is 0.197 e. The standard InChI is InChI=1S/C38H22N4/c1-40-30-17-11-23-36(42-33-20-8-4-15-28(33)29-16-5-9-21-34(29)42)38(30)37-25(24-39)12-10-22-35(37)41-31-18-6-2-13-26(31)27-14-3-7-19-32(27)41/h2-23H. The molecular formula is C38H22N4. The van der Waals surface area contributed by atoms with E-state index in [9.17, 15) is 5.26 Å². The van der Waals surface area contributed by atoms with Crippen molar-refractivity contribution in [3.8, 4) is 28.6 Å². The van der Waals surface area contributed by atoms with Gasteiger partial charge in [0.25, 0.3) is 0 Å². The van der Waals surface area contributed by atoms with Crippen molar-refractivity contribution < 1.29 is 0 Å². The largest absolute Gasteiger partial charge is 0.310 e. The van der Waals surface area contributed by atoms with Crippen molar-refractivity contribution in [1.29, 1.82) is 5.26 Å². The summed E-state index contributed by atoms with van der Waals surface area (Å²) < 4.78 is 4.47. The van der Waals surface area contributed by atoms with Crippen molar-refractivity contribution in [2.75, 3.05) is 0 Å². The van der Waals surface area contributed by atoms with Crippen LogP contribution in [0.5, 0.6) is 0 Å². The number of rotatable bonds is 3. The summed E-state index contributed by atoms with van der Waals surface area (Å²) in [4.78, 5) is 4.02. The van der Waals surface area contributed by atoms with Crippen molar-refractivity contribution in [2.45, 2.75) is 0 Å². The van der Waals surface area contributed by atoms with Gasteiger partial charge in [0.1, 0.15) is 0 Å². The van der Waals surface area contributed by atoms with E-state index in [0.717, 1.165) is 66.1 Å². The fourth-order valence-corrected chi connectivity index (χ4v) is 6.51. The highest BCUT2D eigenvalue weighted by molar-refractivity contribution is 6.12. The Morgan fingerprint density at radius 3 is 1.31 bits per heavy atom. The zero-order chi connectivity index (χ0) is 28.2. The number of hydrogen-bond donors (Lipinski definition) is 0. The number of benzene rings is 6. The highest BCUT2D eigenvalue weighted by atomic mass is 15.0. The van der Waals surface area contributed by atoms with Gasteiger partial charge in [0.15, 0.2) is 5.69 Å². The molecule has 8 rings (SSSR count). The van der Waals surface area contributed by atoms with E-state index in [2.05, 4.69) is 105 Å². The molecule has 0 spiro atoms. The maximum atomic E-state index is 10.5. The maximum absolute atomic E-state index is 10.5. The minimum absolute atomic E-state index is 0.499. The fraction of sp³-hybridized carbons (Fsp3) is 0. The third kappa shape index (κ3) is 3.27. The van der Waals surface area contributed by atoms with Gasteiger partial charge in [0.05, 0.1) is 46.0 Å². The number of fused-ring (bicyclic) bond motifs is 6. The zero-order valence-electron chi connectivity index (χ0n) is 22.5. The summed E-state index contributed by atoms with van der Waals surface area (Å²) in [5.74, 6) is 0. The smallest absolute Gasteiger partial charge is 0.197 e. The molecule has 8 aromatic rings. The minimum Gasteiger partial charge on any atom is -0.310 e. The topological polar surface area (TPSA) is 38.0 Å². The third-order valence-electron chi connectivity index (χ3n) is 8.20. The van der Waals surface area contributed by atoms with E-state index in [-0.39, 0.29) is 0 Å². The van der Waals surface area contributed by atoms with Gasteiger partial charge in [-0.15, -0.1) is 0 Å². The van der Waals surface area contributed by atoms with Crippen LogP contribution in [0.4, 0.5) is 5.69 Å². The lowest BCUT2D eigenvalue weighted by molar-refractivity contribution is 1.16. The van der Waals surface area contributed by atoms with Gasteiger partial charge >= 0.3 is 0 Å². The van der Waals surface area contributed by atoms with Gasteiger partial charge in [-0.25, -0.2) is 4.85 Å². The second-order valence-corrected chi connectivity index (χ2v) is 10.3. The first kappa shape index (κ1) is 23.8. The summed E-state index contributed by atoms with van der Waals surface area (Å²) in [7, 11) is 0. The summed E-state index contributed by atoms with van der Waals surface area (Å²) in [6.45, 7) is 8.24. The molecule has 0 unspecified atom stereocenters. The van der Waals surface area contributed by atoms with Gasteiger partial charge < -0.3 is 9.13 Å². The summed E-state index contributed by atoms with van der Waals surface area (Å²) in [6.07, 6.45) is 0. The number of para-hydroxylation sites is 4.